The van der Waals surface area contributed by atoms with Crippen LogP contribution in [-0.4, -0.2) is 36.9 Å². The van der Waals surface area contributed by atoms with E-state index in [9.17, 15) is 14.7 Å². The molecule has 5 heteroatoms. The van der Waals surface area contributed by atoms with Crippen LogP contribution in [0.1, 0.15) is 114 Å². The van der Waals surface area contributed by atoms with E-state index in [0.29, 0.717) is 43.7 Å². The molecule has 4 aliphatic carbocycles. The van der Waals surface area contributed by atoms with Gasteiger partial charge < -0.3 is 14.6 Å². The Balaban J connectivity index is 0.00000420. The van der Waals surface area contributed by atoms with Crippen LogP contribution in [0.4, 0.5) is 0 Å². The molecule has 0 amide bonds. The van der Waals surface area contributed by atoms with Gasteiger partial charge in [-0.3, -0.25) is 9.59 Å². The lowest BCUT2D eigenvalue weighted by molar-refractivity contribution is -0.143. The molecule has 0 aromatic carbocycles. The number of aliphatic hydroxyl groups excluding tert-OH is 1. The Kier molecular flexibility index (Phi) is 9.27. The summed E-state index contributed by atoms with van der Waals surface area (Å²) in [6.07, 6.45) is 7.92. The molecule has 39 heavy (non-hydrogen) atoms. The summed E-state index contributed by atoms with van der Waals surface area (Å²) in [4.78, 5) is 22.5. The van der Waals surface area contributed by atoms with Gasteiger partial charge in [0.05, 0.1) is 12.7 Å². The van der Waals surface area contributed by atoms with Crippen molar-refractivity contribution in [2.45, 2.75) is 126 Å². The van der Waals surface area contributed by atoms with E-state index >= 15 is 0 Å². The fraction of sp³-hybridized carbons (Fsp3) is 0.824. The Bertz CT molecular complexity index is 965. The van der Waals surface area contributed by atoms with Crippen LogP contribution in [0.2, 0.25) is 0 Å². The summed E-state index contributed by atoms with van der Waals surface area (Å²) in [5, 5.41) is 11.6. The van der Waals surface area contributed by atoms with Gasteiger partial charge in [0, 0.05) is 5.92 Å². The van der Waals surface area contributed by atoms with E-state index in [-0.39, 0.29) is 41.1 Å². The summed E-state index contributed by atoms with van der Waals surface area (Å²) in [7, 11) is 0. The average molecular weight is 545 g/mol. The van der Waals surface area contributed by atoms with Crippen molar-refractivity contribution < 1.29 is 24.2 Å². The number of carbonyl (C=O) groups excluding carboxylic acids is 2. The highest BCUT2D eigenvalue weighted by molar-refractivity contribution is 5.41. The minimum absolute atomic E-state index is 0. The number of rotatable bonds is 10. The smallest absolute Gasteiger partial charge is 0.293 e. The van der Waals surface area contributed by atoms with Gasteiger partial charge in [-0.05, 0) is 97.2 Å². The van der Waals surface area contributed by atoms with Crippen molar-refractivity contribution in [3.05, 3.63) is 23.3 Å². The van der Waals surface area contributed by atoms with Crippen LogP contribution in [-0.2, 0) is 19.1 Å². The monoisotopic (exact) mass is 544 g/mol. The Hall–Kier alpha value is -1.62. The van der Waals surface area contributed by atoms with Crippen molar-refractivity contribution in [2.24, 2.45) is 45.3 Å². The molecule has 0 aromatic rings. The molecule has 1 unspecified atom stereocenters. The Morgan fingerprint density at radius 2 is 1.74 bits per heavy atom. The second kappa shape index (κ2) is 11.3. The predicted octanol–water partition coefficient (Wildman–Crippen LogP) is 7.67. The number of carbonyl (C=O) groups is 2. The number of hydrogen-bond donors (Lipinski definition) is 1. The second-order valence-electron chi connectivity index (χ2n) is 14.6. The lowest BCUT2D eigenvalue weighted by Crippen LogP contribution is -2.54. The first-order valence-electron chi connectivity index (χ1n) is 15.0. The molecule has 4 aliphatic rings. The van der Waals surface area contributed by atoms with E-state index < -0.39 is 6.10 Å². The summed E-state index contributed by atoms with van der Waals surface area (Å²) in [6, 6.07) is 0. The summed E-state index contributed by atoms with van der Waals surface area (Å²) < 4.78 is 11.0. The first kappa shape index (κ1) is 31.9. The van der Waals surface area contributed by atoms with Gasteiger partial charge in [-0.1, -0.05) is 79.2 Å². The summed E-state index contributed by atoms with van der Waals surface area (Å²) >= 11 is 0. The van der Waals surface area contributed by atoms with Crippen LogP contribution in [0.25, 0.3) is 0 Å². The maximum absolute atomic E-state index is 11.6. The molecule has 0 bridgehead atoms. The zero-order valence-corrected chi connectivity index (χ0v) is 25.0. The van der Waals surface area contributed by atoms with Crippen molar-refractivity contribution in [3.8, 4) is 0 Å². The molecule has 2 saturated carbocycles. The van der Waals surface area contributed by atoms with Crippen molar-refractivity contribution in [1.29, 1.82) is 0 Å². The van der Waals surface area contributed by atoms with E-state index in [1.54, 1.807) is 11.1 Å². The Labute approximate surface area is 238 Å². The normalized spacial score (nSPS) is 39.5. The van der Waals surface area contributed by atoms with Gasteiger partial charge in [0.15, 0.2) is 0 Å². The molecule has 4 rings (SSSR count). The molecule has 2 fully saturated rings. The number of aliphatic hydroxyl groups is 1. The molecule has 0 saturated heterocycles. The number of ether oxygens (including phenoxy) is 2. The van der Waals surface area contributed by atoms with Gasteiger partial charge in [0.1, 0.15) is 6.10 Å². The largest absolute Gasteiger partial charge is 0.468 e. The zero-order chi connectivity index (χ0) is 28.1. The summed E-state index contributed by atoms with van der Waals surface area (Å²) in [5.41, 5.74) is 4.38. The number of hydrogen-bond acceptors (Lipinski definition) is 5. The molecule has 0 radical (unpaired) electrons. The molecular formula is C34H56O5. The molecule has 8 atom stereocenters. The highest BCUT2D eigenvalue weighted by atomic mass is 16.5. The summed E-state index contributed by atoms with van der Waals surface area (Å²) in [6.45, 7) is 22.3. The first-order valence-corrected chi connectivity index (χ1v) is 15.0. The summed E-state index contributed by atoms with van der Waals surface area (Å²) in [5.74, 6) is 1.25. The van der Waals surface area contributed by atoms with Gasteiger partial charge in [-0.2, -0.15) is 0 Å². The van der Waals surface area contributed by atoms with E-state index in [2.05, 4.69) is 55.0 Å². The number of fused-ring (bicyclic) bond motifs is 4. The standard InChI is InChI=1S/C33H52O5.CH4/c1-21(2)22(3)9-11-27(38-20-35)29-26(36)17-33(8)25-10-12-28-30(4,5)23(18-37-19-34)13-15-31(28,6)24(25)14-16-32(29,33)7;/h19-21,23,26-29,36H,3,9-18H2,1-2,4-8H3;1H4/t23?,26-,27-,28+,29-,31-,32-,33+;/m1./s1. The second-order valence-corrected chi connectivity index (χ2v) is 14.6. The van der Waals surface area contributed by atoms with Gasteiger partial charge in [-0.25, -0.2) is 0 Å². The lowest BCUT2D eigenvalue weighted by atomic mass is 9.42. The molecule has 0 heterocycles. The van der Waals surface area contributed by atoms with Crippen LogP contribution in [0, 0.1) is 45.3 Å². The highest BCUT2D eigenvalue weighted by Gasteiger charge is 2.66. The van der Waals surface area contributed by atoms with Crippen LogP contribution in [0.5, 0.6) is 0 Å². The topological polar surface area (TPSA) is 72.8 Å². The average Bonchev–Trinajstić information content (AvgIpc) is 3.05. The van der Waals surface area contributed by atoms with Gasteiger partial charge in [0.2, 0.25) is 0 Å². The van der Waals surface area contributed by atoms with E-state index in [1.807, 2.05) is 0 Å². The van der Waals surface area contributed by atoms with Gasteiger partial charge in [-0.15, -0.1) is 0 Å². The maximum Gasteiger partial charge on any atom is 0.293 e. The quantitative estimate of drug-likeness (QED) is 0.226. The molecule has 0 spiro atoms. The fourth-order valence-electron chi connectivity index (χ4n) is 10.0. The molecule has 5 nitrogen and oxygen atoms in total. The van der Waals surface area contributed by atoms with E-state index in [0.717, 1.165) is 51.4 Å². The third-order valence-electron chi connectivity index (χ3n) is 12.6. The lowest BCUT2D eigenvalue weighted by Gasteiger charge is -2.62. The van der Waals surface area contributed by atoms with Crippen molar-refractivity contribution in [3.63, 3.8) is 0 Å². The Morgan fingerprint density at radius 3 is 2.36 bits per heavy atom. The minimum Gasteiger partial charge on any atom is -0.468 e. The van der Waals surface area contributed by atoms with Crippen molar-refractivity contribution in [1.82, 2.24) is 0 Å². The third-order valence-corrected chi connectivity index (χ3v) is 12.6. The Morgan fingerprint density at radius 1 is 1.05 bits per heavy atom. The molecule has 0 aromatic heterocycles. The van der Waals surface area contributed by atoms with Crippen LogP contribution in [0.3, 0.4) is 0 Å². The maximum atomic E-state index is 11.6. The predicted molar refractivity (Wildman–Crippen MR) is 157 cm³/mol. The van der Waals surface area contributed by atoms with Crippen LogP contribution >= 0.6 is 0 Å². The first-order chi connectivity index (χ1) is 17.8. The SMILES string of the molecule is C.C=C(CC[C@@H](OC=O)[C@H]1[C@H](O)C[C@@]2(C)C3=C(CC[C@]12C)[C@@]1(C)CCC(COC=O)C(C)(C)[C@@H]1CC3)C(C)C. The van der Waals surface area contributed by atoms with Gasteiger partial charge in [0.25, 0.3) is 12.9 Å². The molecule has 0 aliphatic heterocycles. The molecule has 1 N–H and O–H groups in total. The number of allylic oxidation sites excluding steroid dienone is 3. The van der Waals surface area contributed by atoms with Crippen LogP contribution in [0.15, 0.2) is 23.3 Å². The highest BCUT2D eigenvalue weighted by Crippen LogP contribution is 2.72. The molecule has 222 valence electrons. The minimum atomic E-state index is -0.493. The fourth-order valence-corrected chi connectivity index (χ4v) is 10.0. The van der Waals surface area contributed by atoms with E-state index in [1.165, 1.54) is 5.57 Å². The van der Waals surface area contributed by atoms with E-state index in [4.69, 9.17) is 9.47 Å². The van der Waals surface area contributed by atoms with Gasteiger partial charge >= 0.3 is 0 Å². The van der Waals surface area contributed by atoms with Crippen LogP contribution < -0.4 is 0 Å². The third kappa shape index (κ3) is 4.93. The molecular weight excluding hydrogens is 488 g/mol. The zero-order valence-electron chi connectivity index (χ0n) is 25.0. The van der Waals surface area contributed by atoms with Crippen molar-refractivity contribution >= 4 is 12.9 Å². The van der Waals surface area contributed by atoms with Crippen molar-refractivity contribution in [2.75, 3.05) is 6.61 Å².